The Kier molecular flexibility index (Phi) is 2.52. The summed E-state index contributed by atoms with van der Waals surface area (Å²) in [5.41, 5.74) is 1.36. The molecule has 1 nitrogen and oxygen atoms in total. The van der Waals surface area contributed by atoms with Crippen LogP contribution >= 0.6 is 22.9 Å². The average Bonchev–Trinajstić information content (AvgIpc) is 2.57. The Morgan fingerprint density at radius 1 is 1.43 bits per heavy atom. The summed E-state index contributed by atoms with van der Waals surface area (Å²) in [5, 5.41) is 2.69. The van der Waals surface area contributed by atoms with Gasteiger partial charge in [0.15, 0.2) is 5.82 Å². The van der Waals surface area contributed by atoms with E-state index in [1.54, 1.807) is 12.1 Å². The second kappa shape index (κ2) is 3.67. The fraction of sp³-hybridized carbons (Fsp3) is 0.100. The van der Waals surface area contributed by atoms with Crippen LogP contribution in [0.5, 0.6) is 0 Å². The number of hydrogen-bond donors (Lipinski definition) is 0. The van der Waals surface area contributed by atoms with Crippen molar-refractivity contribution in [2.45, 2.75) is 6.92 Å². The van der Waals surface area contributed by atoms with Gasteiger partial charge in [-0.25, -0.2) is 9.37 Å². The summed E-state index contributed by atoms with van der Waals surface area (Å²) in [6, 6.07) is 4.93. The highest BCUT2D eigenvalue weighted by molar-refractivity contribution is 7.13. The Labute approximate surface area is 90.2 Å². The van der Waals surface area contributed by atoms with Gasteiger partial charge in [-0.3, -0.25) is 0 Å². The Hall–Kier alpha value is -0.930. The summed E-state index contributed by atoms with van der Waals surface area (Å²) >= 11 is 7.09. The summed E-state index contributed by atoms with van der Waals surface area (Å²) in [6.45, 7) is 1.88. The van der Waals surface area contributed by atoms with Crippen LogP contribution in [0.4, 0.5) is 4.39 Å². The Bertz CT molecular complexity index is 467. The second-order valence-electron chi connectivity index (χ2n) is 2.90. The molecule has 1 aromatic heterocycles. The maximum Gasteiger partial charge on any atom is 0.152 e. The number of hydrogen-bond acceptors (Lipinski definition) is 2. The summed E-state index contributed by atoms with van der Waals surface area (Å²) < 4.78 is 13.5. The largest absolute Gasteiger partial charge is 0.241 e. The minimum atomic E-state index is -0.400. The third kappa shape index (κ3) is 1.65. The SMILES string of the molecule is Cc1csc(-c2cccc(Cl)c2F)n1. The monoisotopic (exact) mass is 227 g/mol. The third-order valence-corrected chi connectivity index (χ3v) is 3.09. The number of benzene rings is 1. The van der Waals surface area contributed by atoms with Gasteiger partial charge in [-0.2, -0.15) is 0 Å². The van der Waals surface area contributed by atoms with Gasteiger partial charge in [0, 0.05) is 16.6 Å². The van der Waals surface area contributed by atoms with Crippen molar-refractivity contribution < 1.29 is 4.39 Å². The van der Waals surface area contributed by atoms with Crippen molar-refractivity contribution in [3.8, 4) is 10.6 Å². The van der Waals surface area contributed by atoms with Crippen molar-refractivity contribution in [1.29, 1.82) is 0 Å². The lowest BCUT2D eigenvalue weighted by atomic mass is 10.2. The third-order valence-electron chi connectivity index (χ3n) is 1.80. The van der Waals surface area contributed by atoms with E-state index in [2.05, 4.69) is 4.98 Å². The maximum atomic E-state index is 13.5. The fourth-order valence-electron chi connectivity index (χ4n) is 1.15. The fourth-order valence-corrected chi connectivity index (χ4v) is 2.14. The molecule has 0 fully saturated rings. The van der Waals surface area contributed by atoms with Crippen molar-refractivity contribution in [3.05, 3.63) is 40.1 Å². The molecule has 0 saturated heterocycles. The molecule has 2 rings (SSSR count). The van der Waals surface area contributed by atoms with Crippen molar-refractivity contribution in [2.24, 2.45) is 0 Å². The first kappa shape index (κ1) is 9.62. The van der Waals surface area contributed by atoms with Crippen molar-refractivity contribution in [2.75, 3.05) is 0 Å². The lowest BCUT2D eigenvalue weighted by molar-refractivity contribution is 0.631. The molecule has 1 aromatic carbocycles. The molecule has 0 aliphatic heterocycles. The molecule has 0 amide bonds. The van der Waals surface area contributed by atoms with Crippen LogP contribution in [0.25, 0.3) is 10.6 Å². The minimum Gasteiger partial charge on any atom is -0.241 e. The van der Waals surface area contributed by atoms with E-state index in [9.17, 15) is 4.39 Å². The molecule has 4 heteroatoms. The van der Waals surface area contributed by atoms with Crippen LogP contribution in [0.2, 0.25) is 5.02 Å². The van der Waals surface area contributed by atoms with E-state index in [-0.39, 0.29) is 5.02 Å². The zero-order chi connectivity index (χ0) is 10.1. The molecular weight excluding hydrogens is 221 g/mol. The summed E-state index contributed by atoms with van der Waals surface area (Å²) in [5.74, 6) is -0.400. The quantitative estimate of drug-likeness (QED) is 0.720. The van der Waals surface area contributed by atoms with Crippen molar-refractivity contribution in [3.63, 3.8) is 0 Å². The Morgan fingerprint density at radius 3 is 2.86 bits per heavy atom. The molecule has 0 bridgehead atoms. The molecular formula is C10H7ClFNS. The lowest BCUT2D eigenvalue weighted by Gasteiger charge is -1.99. The van der Waals surface area contributed by atoms with Gasteiger partial charge in [0.2, 0.25) is 0 Å². The second-order valence-corrected chi connectivity index (χ2v) is 4.16. The van der Waals surface area contributed by atoms with Crippen molar-refractivity contribution in [1.82, 2.24) is 4.98 Å². The molecule has 1 heterocycles. The highest BCUT2D eigenvalue weighted by Crippen LogP contribution is 2.29. The van der Waals surface area contributed by atoms with E-state index >= 15 is 0 Å². The van der Waals surface area contributed by atoms with E-state index in [1.165, 1.54) is 17.4 Å². The van der Waals surface area contributed by atoms with Gasteiger partial charge in [0.05, 0.1) is 5.02 Å². The van der Waals surface area contributed by atoms with E-state index in [0.717, 1.165) is 5.69 Å². The number of aromatic nitrogens is 1. The van der Waals surface area contributed by atoms with Crippen LogP contribution in [0.3, 0.4) is 0 Å². The molecule has 2 aromatic rings. The number of halogens is 2. The first-order valence-corrected chi connectivity index (χ1v) is 5.31. The first-order chi connectivity index (χ1) is 6.68. The number of nitrogens with zero attached hydrogens (tertiary/aromatic N) is 1. The van der Waals surface area contributed by atoms with Gasteiger partial charge in [-0.05, 0) is 19.1 Å². The first-order valence-electron chi connectivity index (χ1n) is 4.05. The molecule has 0 aliphatic carbocycles. The van der Waals surface area contributed by atoms with Crippen LogP contribution in [0.1, 0.15) is 5.69 Å². The van der Waals surface area contributed by atoms with Crippen LogP contribution in [-0.2, 0) is 0 Å². The van der Waals surface area contributed by atoms with E-state index in [1.807, 2.05) is 12.3 Å². The molecule has 0 unspecified atom stereocenters. The average molecular weight is 228 g/mol. The Morgan fingerprint density at radius 2 is 2.21 bits per heavy atom. The topological polar surface area (TPSA) is 12.9 Å². The standard InChI is InChI=1S/C10H7ClFNS/c1-6-5-14-10(13-6)7-3-2-4-8(11)9(7)12/h2-5H,1H3. The highest BCUT2D eigenvalue weighted by atomic mass is 35.5. The van der Waals surface area contributed by atoms with E-state index in [4.69, 9.17) is 11.6 Å². The molecule has 0 saturated carbocycles. The van der Waals surface area contributed by atoms with Crippen LogP contribution < -0.4 is 0 Å². The van der Waals surface area contributed by atoms with Gasteiger partial charge >= 0.3 is 0 Å². The van der Waals surface area contributed by atoms with Gasteiger partial charge in [0.25, 0.3) is 0 Å². The van der Waals surface area contributed by atoms with Crippen LogP contribution in [0, 0.1) is 12.7 Å². The molecule has 0 aliphatic rings. The summed E-state index contributed by atoms with van der Waals surface area (Å²) in [6.07, 6.45) is 0. The van der Waals surface area contributed by atoms with Gasteiger partial charge < -0.3 is 0 Å². The highest BCUT2D eigenvalue weighted by Gasteiger charge is 2.10. The van der Waals surface area contributed by atoms with Crippen LogP contribution in [-0.4, -0.2) is 4.98 Å². The zero-order valence-electron chi connectivity index (χ0n) is 7.42. The van der Waals surface area contributed by atoms with Crippen LogP contribution in [0.15, 0.2) is 23.6 Å². The number of aryl methyl sites for hydroxylation is 1. The molecule has 0 atom stereocenters. The van der Waals surface area contributed by atoms with E-state index < -0.39 is 5.82 Å². The van der Waals surface area contributed by atoms with Crippen molar-refractivity contribution >= 4 is 22.9 Å². The number of thiazole rings is 1. The summed E-state index contributed by atoms with van der Waals surface area (Å²) in [7, 11) is 0. The lowest BCUT2D eigenvalue weighted by Crippen LogP contribution is -1.84. The van der Waals surface area contributed by atoms with Gasteiger partial charge in [-0.15, -0.1) is 11.3 Å². The molecule has 14 heavy (non-hydrogen) atoms. The predicted octanol–water partition coefficient (Wildman–Crippen LogP) is 3.91. The molecule has 0 N–H and O–H groups in total. The normalized spacial score (nSPS) is 10.5. The molecule has 0 spiro atoms. The predicted molar refractivity (Wildman–Crippen MR) is 57.3 cm³/mol. The Balaban J connectivity index is 2.57. The van der Waals surface area contributed by atoms with E-state index in [0.29, 0.717) is 10.6 Å². The minimum absolute atomic E-state index is 0.135. The molecule has 0 radical (unpaired) electrons. The zero-order valence-corrected chi connectivity index (χ0v) is 8.99. The summed E-state index contributed by atoms with van der Waals surface area (Å²) in [4.78, 5) is 4.20. The molecule has 72 valence electrons. The maximum absolute atomic E-state index is 13.5. The van der Waals surface area contributed by atoms with Gasteiger partial charge in [-0.1, -0.05) is 17.7 Å². The van der Waals surface area contributed by atoms with Gasteiger partial charge in [0.1, 0.15) is 5.01 Å². The number of rotatable bonds is 1. The smallest absolute Gasteiger partial charge is 0.152 e.